The molecule has 0 aliphatic heterocycles. The van der Waals surface area contributed by atoms with Crippen molar-refractivity contribution in [2.24, 2.45) is 0 Å². The fourth-order valence-electron chi connectivity index (χ4n) is 1.92. The van der Waals surface area contributed by atoms with Crippen LogP contribution in [0.4, 0.5) is 5.82 Å². The molecule has 0 saturated heterocycles. The number of pyridine rings is 1. The molecule has 2 heterocycles. The van der Waals surface area contributed by atoms with Crippen LogP contribution >= 0.6 is 0 Å². The van der Waals surface area contributed by atoms with Gasteiger partial charge in [-0.2, -0.15) is 0 Å². The molecule has 0 aliphatic rings. The summed E-state index contributed by atoms with van der Waals surface area (Å²) in [5.41, 5.74) is 1.99. The van der Waals surface area contributed by atoms with Crippen LogP contribution in [-0.4, -0.2) is 10.1 Å². The zero-order chi connectivity index (χ0) is 14.8. The van der Waals surface area contributed by atoms with Crippen LogP contribution in [0.2, 0.25) is 0 Å². The number of aliphatic hydroxyl groups excluding tert-OH is 1. The van der Waals surface area contributed by atoms with E-state index in [2.05, 4.69) is 37.1 Å². The smallest absolute Gasteiger partial charge is 0.126 e. The Morgan fingerprint density at radius 1 is 1.30 bits per heavy atom. The third-order valence-corrected chi connectivity index (χ3v) is 3.23. The van der Waals surface area contributed by atoms with Crippen LogP contribution in [0, 0.1) is 6.92 Å². The van der Waals surface area contributed by atoms with Crippen molar-refractivity contribution in [3.05, 3.63) is 47.0 Å². The number of rotatable bonds is 4. The number of nitrogens with one attached hydrogen (secondary N) is 1. The van der Waals surface area contributed by atoms with Gasteiger partial charge in [0, 0.05) is 23.7 Å². The lowest BCUT2D eigenvalue weighted by Gasteiger charge is -2.13. The number of nitrogens with zero attached hydrogens (tertiary/aromatic N) is 1. The highest BCUT2D eigenvalue weighted by atomic mass is 16.3. The number of anilines is 1. The van der Waals surface area contributed by atoms with Gasteiger partial charge in [-0.25, -0.2) is 4.98 Å². The molecule has 0 aromatic carbocycles. The third-order valence-electron chi connectivity index (χ3n) is 3.23. The van der Waals surface area contributed by atoms with Crippen molar-refractivity contribution in [2.75, 3.05) is 5.32 Å². The molecule has 2 N–H and O–H groups in total. The van der Waals surface area contributed by atoms with Crippen molar-refractivity contribution in [2.45, 2.75) is 46.3 Å². The summed E-state index contributed by atoms with van der Waals surface area (Å²) in [6, 6.07) is 5.74. The summed E-state index contributed by atoms with van der Waals surface area (Å²) < 4.78 is 5.81. The van der Waals surface area contributed by atoms with Gasteiger partial charge in [0.05, 0.1) is 6.61 Å². The second-order valence-corrected chi connectivity index (χ2v) is 6.00. The molecule has 108 valence electrons. The Labute approximate surface area is 119 Å². The van der Waals surface area contributed by atoms with E-state index in [0.29, 0.717) is 6.54 Å². The van der Waals surface area contributed by atoms with Crippen molar-refractivity contribution >= 4 is 5.82 Å². The Bertz CT molecular complexity index is 582. The van der Waals surface area contributed by atoms with E-state index < -0.39 is 0 Å². The fraction of sp³-hybridized carbons (Fsp3) is 0.438. The lowest BCUT2D eigenvalue weighted by atomic mass is 9.93. The van der Waals surface area contributed by atoms with E-state index in [9.17, 15) is 0 Å². The fourth-order valence-corrected chi connectivity index (χ4v) is 1.92. The number of aromatic nitrogens is 1. The molecule has 20 heavy (non-hydrogen) atoms. The standard InChI is InChI=1S/C16H22N2O2/c1-11-13(8-14(20-11)16(2,3)4)9-18-15-7-12(10-19)5-6-17-15/h5-8,19H,9-10H2,1-4H3,(H,17,18). The average Bonchev–Trinajstić information content (AvgIpc) is 2.78. The van der Waals surface area contributed by atoms with Crippen molar-refractivity contribution in [1.82, 2.24) is 4.98 Å². The summed E-state index contributed by atoms with van der Waals surface area (Å²) in [6.07, 6.45) is 1.69. The van der Waals surface area contributed by atoms with Crippen molar-refractivity contribution in [3.8, 4) is 0 Å². The van der Waals surface area contributed by atoms with Crippen LogP contribution < -0.4 is 5.32 Å². The van der Waals surface area contributed by atoms with E-state index in [1.54, 1.807) is 12.3 Å². The summed E-state index contributed by atoms with van der Waals surface area (Å²) in [4.78, 5) is 4.23. The van der Waals surface area contributed by atoms with E-state index in [4.69, 9.17) is 9.52 Å². The minimum atomic E-state index is 0.0120. The van der Waals surface area contributed by atoms with Gasteiger partial charge in [-0.1, -0.05) is 20.8 Å². The van der Waals surface area contributed by atoms with Gasteiger partial charge in [0.1, 0.15) is 17.3 Å². The molecule has 0 atom stereocenters. The Morgan fingerprint density at radius 3 is 2.65 bits per heavy atom. The van der Waals surface area contributed by atoms with Crippen molar-refractivity contribution in [3.63, 3.8) is 0 Å². The largest absolute Gasteiger partial charge is 0.465 e. The molecule has 4 heteroatoms. The lowest BCUT2D eigenvalue weighted by molar-refractivity contribution is 0.282. The maximum absolute atomic E-state index is 9.11. The lowest BCUT2D eigenvalue weighted by Crippen LogP contribution is -2.09. The van der Waals surface area contributed by atoms with Crippen molar-refractivity contribution < 1.29 is 9.52 Å². The summed E-state index contributed by atoms with van der Waals surface area (Å²) in [6.45, 7) is 9.06. The minimum Gasteiger partial charge on any atom is -0.465 e. The highest BCUT2D eigenvalue weighted by Crippen LogP contribution is 2.27. The molecule has 0 aliphatic carbocycles. The summed E-state index contributed by atoms with van der Waals surface area (Å²) in [7, 11) is 0. The van der Waals surface area contributed by atoms with Crippen LogP contribution in [0.25, 0.3) is 0 Å². The molecule has 2 aromatic rings. The molecule has 0 amide bonds. The molecule has 0 unspecified atom stereocenters. The quantitative estimate of drug-likeness (QED) is 0.897. The Balaban J connectivity index is 2.09. The molecular weight excluding hydrogens is 252 g/mol. The van der Waals surface area contributed by atoms with E-state index in [0.717, 1.165) is 28.5 Å². The van der Waals surface area contributed by atoms with Gasteiger partial charge in [-0.15, -0.1) is 0 Å². The third kappa shape index (κ3) is 3.39. The molecule has 0 bridgehead atoms. The highest BCUT2D eigenvalue weighted by molar-refractivity contribution is 5.39. The van der Waals surface area contributed by atoms with E-state index >= 15 is 0 Å². The Morgan fingerprint density at radius 2 is 2.05 bits per heavy atom. The number of aliphatic hydroxyl groups is 1. The van der Waals surface area contributed by atoms with E-state index in [-0.39, 0.29) is 12.0 Å². The van der Waals surface area contributed by atoms with Gasteiger partial charge in [0.2, 0.25) is 0 Å². The SMILES string of the molecule is Cc1oc(C(C)(C)C)cc1CNc1cc(CO)ccn1. The second-order valence-electron chi connectivity index (χ2n) is 6.00. The predicted octanol–water partition coefficient (Wildman–Crippen LogP) is 3.38. The zero-order valence-electron chi connectivity index (χ0n) is 12.5. The monoisotopic (exact) mass is 274 g/mol. The predicted molar refractivity (Wildman–Crippen MR) is 79.6 cm³/mol. The van der Waals surface area contributed by atoms with Crippen LogP contribution in [0.3, 0.4) is 0 Å². The average molecular weight is 274 g/mol. The molecule has 0 saturated carbocycles. The highest BCUT2D eigenvalue weighted by Gasteiger charge is 2.20. The molecule has 2 rings (SSSR count). The van der Waals surface area contributed by atoms with Gasteiger partial charge in [-0.05, 0) is 30.7 Å². The maximum Gasteiger partial charge on any atom is 0.126 e. The maximum atomic E-state index is 9.11. The molecule has 0 fully saturated rings. The molecule has 0 radical (unpaired) electrons. The van der Waals surface area contributed by atoms with E-state index in [1.807, 2.05) is 13.0 Å². The first-order valence-electron chi connectivity index (χ1n) is 6.79. The van der Waals surface area contributed by atoms with E-state index in [1.165, 1.54) is 0 Å². The molecule has 4 nitrogen and oxygen atoms in total. The first-order valence-corrected chi connectivity index (χ1v) is 6.79. The van der Waals surface area contributed by atoms with Gasteiger partial charge in [0.25, 0.3) is 0 Å². The van der Waals surface area contributed by atoms with Crippen LogP contribution in [-0.2, 0) is 18.6 Å². The Hall–Kier alpha value is -1.81. The topological polar surface area (TPSA) is 58.3 Å². The summed E-state index contributed by atoms with van der Waals surface area (Å²) in [5, 5.41) is 12.4. The van der Waals surface area contributed by atoms with Gasteiger partial charge in [0.15, 0.2) is 0 Å². The number of furan rings is 1. The first kappa shape index (κ1) is 14.6. The summed E-state index contributed by atoms with van der Waals surface area (Å²) >= 11 is 0. The number of aryl methyl sites for hydroxylation is 1. The molecule has 2 aromatic heterocycles. The number of hydrogen-bond acceptors (Lipinski definition) is 4. The van der Waals surface area contributed by atoms with Crippen molar-refractivity contribution in [1.29, 1.82) is 0 Å². The second kappa shape index (κ2) is 5.67. The van der Waals surface area contributed by atoms with Crippen LogP contribution in [0.5, 0.6) is 0 Å². The first-order chi connectivity index (χ1) is 9.40. The van der Waals surface area contributed by atoms with Crippen LogP contribution in [0.1, 0.15) is 43.4 Å². The number of hydrogen-bond donors (Lipinski definition) is 2. The minimum absolute atomic E-state index is 0.0120. The van der Waals surface area contributed by atoms with Gasteiger partial charge >= 0.3 is 0 Å². The molecular formula is C16H22N2O2. The molecule has 0 spiro atoms. The van der Waals surface area contributed by atoms with Gasteiger partial charge < -0.3 is 14.8 Å². The Kier molecular flexibility index (Phi) is 4.14. The van der Waals surface area contributed by atoms with Gasteiger partial charge in [-0.3, -0.25) is 0 Å². The zero-order valence-corrected chi connectivity index (χ0v) is 12.5. The normalized spacial score (nSPS) is 11.7. The summed E-state index contributed by atoms with van der Waals surface area (Å²) in [5.74, 6) is 2.68. The van der Waals surface area contributed by atoms with Crippen LogP contribution in [0.15, 0.2) is 28.8 Å².